The molecule has 1 aliphatic rings. The van der Waals surface area contributed by atoms with Gasteiger partial charge in [0.25, 0.3) is 0 Å². The first-order valence-electron chi connectivity index (χ1n) is 6.30. The molecule has 7 nitrogen and oxygen atoms in total. The summed E-state index contributed by atoms with van der Waals surface area (Å²) < 4.78 is 6.34. The molecule has 108 valence electrons. The molecule has 0 fully saturated rings. The summed E-state index contributed by atoms with van der Waals surface area (Å²) in [6.45, 7) is 6.81. The molecule has 2 heterocycles. The predicted octanol–water partition coefficient (Wildman–Crippen LogP) is 1.10. The molecule has 0 aliphatic carbocycles. The zero-order valence-electron chi connectivity index (χ0n) is 11.7. The molecule has 1 aromatic heterocycles. The second-order valence-electron chi connectivity index (χ2n) is 4.38. The molecular weight excluding hydrogens is 272 g/mol. The molecule has 2 rings (SSSR count). The number of hydrogen-bond acceptors (Lipinski definition) is 6. The van der Waals surface area contributed by atoms with E-state index in [1.54, 1.807) is 6.92 Å². The number of ketones is 1. The van der Waals surface area contributed by atoms with E-state index in [4.69, 9.17) is 10.00 Å². The van der Waals surface area contributed by atoms with Crippen molar-refractivity contribution in [2.24, 2.45) is 0 Å². The van der Waals surface area contributed by atoms with Crippen LogP contribution in [0.1, 0.15) is 19.4 Å². The highest BCUT2D eigenvalue weighted by Gasteiger charge is 2.49. The molecule has 0 saturated heterocycles. The van der Waals surface area contributed by atoms with Crippen LogP contribution in [0.4, 0.5) is 5.82 Å². The van der Waals surface area contributed by atoms with Crippen LogP contribution >= 0.6 is 0 Å². The molecule has 0 aromatic carbocycles. The summed E-state index contributed by atoms with van der Waals surface area (Å²) >= 11 is 0. The van der Waals surface area contributed by atoms with E-state index in [-0.39, 0.29) is 23.5 Å². The van der Waals surface area contributed by atoms with Gasteiger partial charge in [-0.25, -0.2) is 9.48 Å². The number of anilines is 1. The van der Waals surface area contributed by atoms with Gasteiger partial charge in [-0.15, -0.1) is 0 Å². The highest BCUT2D eigenvalue weighted by Crippen LogP contribution is 2.37. The molecule has 1 aromatic rings. The van der Waals surface area contributed by atoms with Crippen LogP contribution in [-0.2, 0) is 19.9 Å². The Hall–Kier alpha value is -2.88. The number of carbonyl (C=O) groups is 2. The number of carbonyl (C=O) groups excluding carboxylic acids is 2. The molecule has 0 saturated carbocycles. The summed E-state index contributed by atoms with van der Waals surface area (Å²) in [6, 6.07) is 1.97. The van der Waals surface area contributed by atoms with Crippen molar-refractivity contribution < 1.29 is 14.3 Å². The molecule has 0 bridgehead atoms. The van der Waals surface area contributed by atoms with Gasteiger partial charge in [-0.1, -0.05) is 6.58 Å². The van der Waals surface area contributed by atoms with Crippen molar-refractivity contribution in [2.45, 2.75) is 19.4 Å². The molecule has 1 atom stereocenters. The lowest BCUT2D eigenvalue weighted by molar-refractivity contribution is -0.150. The zero-order valence-corrected chi connectivity index (χ0v) is 11.7. The van der Waals surface area contributed by atoms with Gasteiger partial charge in [-0.2, -0.15) is 10.4 Å². The Bertz CT molecular complexity index is 696. The maximum absolute atomic E-state index is 12.5. The summed E-state index contributed by atoms with van der Waals surface area (Å²) in [7, 11) is 0. The van der Waals surface area contributed by atoms with E-state index >= 15 is 0 Å². The zero-order chi connectivity index (χ0) is 15.6. The molecule has 1 N–H and O–H groups in total. The van der Waals surface area contributed by atoms with Crippen molar-refractivity contribution in [1.82, 2.24) is 9.78 Å². The number of fused-ring (bicyclic) bond motifs is 1. The van der Waals surface area contributed by atoms with Gasteiger partial charge in [0.05, 0.1) is 18.4 Å². The van der Waals surface area contributed by atoms with Gasteiger partial charge in [0.1, 0.15) is 17.5 Å². The van der Waals surface area contributed by atoms with Crippen LogP contribution in [0.5, 0.6) is 0 Å². The van der Waals surface area contributed by atoms with Gasteiger partial charge in [-0.3, -0.25) is 4.79 Å². The van der Waals surface area contributed by atoms with Gasteiger partial charge in [0.15, 0.2) is 5.78 Å². The molecule has 0 spiro atoms. The SMILES string of the molecule is C=CC1(C(=O)OCC)C(C(C)=O)=CNc2c(C#N)cnn21. The summed E-state index contributed by atoms with van der Waals surface area (Å²) in [6.07, 6.45) is 4.01. The fourth-order valence-electron chi connectivity index (χ4n) is 2.29. The molecular formula is C14H14N4O3. The van der Waals surface area contributed by atoms with E-state index in [0.29, 0.717) is 5.82 Å². The quantitative estimate of drug-likeness (QED) is 0.657. The third-order valence-corrected chi connectivity index (χ3v) is 3.25. The van der Waals surface area contributed by atoms with Crippen molar-refractivity contribution in [3.8, 4) is 6.07 Å². The highest BCUT2D eigenvalue weighted by atomic mass is 16.5. The third kappa shape index (κ3) is 1.92. The Kier molecular flexibility index (Phi) is 3.63. The number of aromatic nitrogens is 2. The van der Waals surface area contributed by atoms with E-state index < -0.39 is 11.5 Å². The Morgan fingerprint density at radius 2 is 2.38 bits per heavy atom. The number of hydrogen-bond donors (Lipinski definition) is 1. The summed E-state index contributed by atoms with van der Waals surface area (Å²) in [5.41, 5.74) is -1.17. The molecule has 21 heavy (non-hydrogen) atoms. The number of rotatable bonds is 4. The van der Waals surface area contributed by atoms with Gasteiger partial charge in [0.2, 0.25) is 5.54 Å². The van der Waals surface area contributed by atoms with E-state index in [1.807, 2.05) is 6.07 Å². The average Bonchev–Trinajstić information content (AvgIpc) is 2.89. The molecule has 0 amide bonds. The second-order valence-corrected chi connectivity index (χ2v) is 4.38. The fourth-order valence-corrected chi connectivity index (χ4v) is 2.29. The number of Topliss-reactive ketones (excluding diaryl/α,β-unsaturated/α-hetero) is 1. The maximum atomic E-state index is 12.5. The lowest BCUT2D eigenvalue weighted by atomic mass is 9.86. The highest BCUT2D eigenvalue weighted by molar-refractivity contribution is 6.04. The Labute approximate surface area is 121 Å². The number of nitrogens with one attached hydrogen (secondary N) is 1. The second kappa shape index (κ2) is 5.25. The normalized spacial score (nSPS) is 19.6. The summed E-state index contributed by atoms with van der Waals surface area (Å²) in [5.74, 6) is -0.678. The maximum Gasteiger partial charge on any atom is 0.343 e. The smallest absolute Gasteiger partial charge is 0.343 e. The van der Waals surface area contributed by atoms with Crippen LogP contribution in [0.15, 0.2) is 30.6 Å². The van der Waals surface area contributed by atoms with Crippen molar-refractivity contribution in [2.75, 3.05) is 11.9 Å². The molecule has 1 unspecified atom stereocenters. The van der Waals surface area contributed by atoms with E-state index in [0.717, 1.165) is 0 Å². The molecule has 0 radical (unpaired) electrons. The minimum Gasteiger partial charge on any atom is -0.464 e. The fraction of sp³-hybridized carbons (Fsp3) is 0.286. The first-order chi connectivity index (χ1) is 10.0. The van der Waals surface area contributed by atoms with Crippen LogP contribution in [0.2, 0.25) is 0 Å². The van der Waals surface area contributed by atoms with Gasteiger partial charge < -0.3 is 10.1 Å². The topological polar surface area (TPSA) is 97.0 Å². The summed E-state index contributed by atoms with van der Waals surface area (Å²) in [5, 5.41) is 15.9. The monoisotopic (exact) mass is 286 g/mol. The van der Waals surface area contributed by atoms with Crippen LogP contribution in [-0.4, -0.2) is 28.1 Å². The largest absolute Gasteiger partial charge is 0.464 e. The van der Waals surface area contributed by atoms with Crippen LogP contribution in [0.25, 0.3) is 0 Å². The lowest BCUT2D eigenvalue weighted by Gasteiger charge is -2.34. The number of nitrogens with zero attached hydrogens (tertiary/aromatic N) is 3. The van der Waals surface area contributed by atoms with Crippen LogP contribution < -0.4 is 5.32 Å². The Balaban J connectivity index is 2.74. The minimum absolute atomic E-state index is 0.148. The first kappa shape index (κ1) is 14.5. The minimum atomic E-state index is -1.57. The standard InChI is InChI=1S/C14H14N4O3/c1-4-14(13(20)21-5-2)11(9(3)19)8-16-12-10(6-15)7-17-18(12)14/h4,7-8,16H,1,5H2,2-3H3. The number of nitriles is 1. The Morgan fingerprint density at radius 3 is 2.90 bits per heavy atom. The van der Waals surface area contributed by atoms with Crippen LogP contribution in [0, 0.1) is 11.3 Å². The number of esters is 1. The number of ether oxygens (including phenoxy) is 1. The Morgan fingerprint density at radius 1 is 1.67 bits per heavy atom. The van der Waals surface area contributed by atoms with Crippen molar-refractivity contribution >= 4 is 17.6 Å². The molecule has 1 aliphatic heterocycles. The van der Waals surface area contributed by atoms with Gasteiger partial charge in [-0.05, 0) is 19.9 Å². The lowest BCUT2D eigenvalue weighted by Crippen LogP contribution is -2.48. The molecule has 7 heteroatoms. The average molecular weight is 286 g/mol. The first-order valence-corrected chi connectivity index (χ1v) is 6.30. The van der Waals surface area contributed by atoms with Gasteiger partial charge >= 0.3 is 5.97 Å². The van der Waals surface area contributed by atoms with Crippen molar-refractivity contribution in [3.05, 3.63) is 36.2 Å². The van der Waals surface area contributed by atoms with E-state index in [2.05, 4.69) is 17.0 Å². The van der Waals surface area contributed by atoms with Gasteiger partial charge in [0, 0.05) is 6.20 Å². The van der Waals surface area contributed by atoms with E-state index in [1.165, 1.54) is 30.1 Å². The summed E-state index contributed by atoms with van der Waals surface area (Å²) in [4.78, 5) is 24.4. The van der Waals surface area contributed by atoms with Crippen LogP contribution in [0.3, 0.4) is 0 Å². The van der Waals surface area contributed by atoms with Crippen molar-refractivity contribution in [3.63, 3.8) is 0 Å². The third-order valence-electron chi connectivity index (χ3n) is 3.25. The predicted molar refractivity (Wildman–Crippen MR) is 74.1 cm³/mol. The van der Waals surface area contributed by atoms with Crippen molar-refractivity contribution in [1.29, 1.82) is 5.26 Å². The van der Waals surface area contributed by atoms with E-state index in [9.17, 15) is 9.59 Å².